The summed E-state index contributed by atoms with van der Waals surface area (Å²) >= 11 is 3.26. The van der Waals surface area contributed by atoms with Gasteiger partial charge in [0.25, 0.3) is 0 Å². The number of anilines is 2. The van der Waals surface area contributed by atoms with Crippen molar-refractivity contribution in [2.24, 2.45) is 0 Å². The molecule has 17 heavy (non-hydrogen) atoms. The minimum atomic E-state index is -0.287. The predicted octanol–water partition coefficient (Wildman–Crippen LogP) is 3.13. The van der Waals surface area contributed by atoms with Crippen LogP contribution in [0.5, 0.6) is 5.88 Å². The van der Waals surface area contributed by atoms with Crippen molar-refractivity contribution >= 4 is 27.6 Å². The smallest absolute Gasteiger partial charge is 0.232 e. The van der Waals surface area contributed by atoms with E-state index in [0.29, 0.717) is 22.0 Å². The Kier molecular flexibility index (Phi) is 3.53. The van der Waals surface area contributed by atoms with E-state index in [2.05, 4.69) is 31.2 Å². The zero-order valence-corrected chi connectivity index (χ0v) is 10.5. The van der Waals surface area contributed by atoms with Crippen molar-refractivity contribution < 1.29 is 9.13 Å². The van der Waals surface area contributed by atoms with Crippen molar-refractivity contribution in [3.63, 3.8) is 0 Å². The SMILES string of the molecule is COc1nc(Nc2ccc(F)cc2)ncc1Br. The van der Waals surface area contributed by atoms with Crippen molar-refractivity contribution in [2.75, 3.05) is 12.4 Å². The van der Waals surface area contributed by atoms with E-state index in [9.17, 15) is 4.39 Å². The van der Waals surface area contributed by atoms with Crippen LogP contribution in [0.15, 0.2) is 34.9 Å². The largest absolute Gasteiger partial charge is 0.480 e. The molecule has 0 bridgehead atoms. The van der Waals surface area contributed by atoms with Crippen LogP contribution < -0.4 is 10.1 Å². The fraction of sp³-hybridized carbons (Fsp3) is 0.0909. The van der Waals surface area contributed by atoms with E-state index >= 15 is 0 Å². The minimum Gasteiger partial charge on any atom is -0.480 e. The molecule has 88 valence electrons. The predicted molar refractivity (Wildman–Crippen MR) is 66.0 cm³/mol. The van der Waals surface area contributed by atoms with Crippen LogP contribution in [0, 0.1) is 5.82 Å². The maximum Gasteiger partial charge on any atom is 0.232 e. The number of aromatic nitrogens is 2. The summed E-state index contributed by atoms with van der Waals surface area (Å²) in [7, 11) is 1.52. The quantitative estimate of drug-likeness (QED) is 0.945. The van der Waals surface area contributed by atoms with Gasteiger partial charge in [-0.15, -0.1) is 0 Å². The second kappa shape index (κ2) is 5.09. The molecule has 4 nitrogen and oxygen atoms in total. The summed E-state index contributed by atoms with van der Waals surface area (Å²) in [6.45, 7) is 0. The first-order chi connectivity index (χ1) is 8.19. The van der Waals surface area contributed by atoms with E-state index in [1.54, 1.807) is 18.3 Å². The third kappa shape index (κ3) is 2.91. The van der Waals surface area contributed by atoms with Gasteiger partial charge in [-0.1, -0.05) is 0 Å². The molecule has 0 radical (unpaired) electrons. The van der Waals surface area contributed by atoms with Gasteiger partial charge < -0.3 is 10.1 Å². The van der Waals surface area contributed by atoms with Crippen LogP contribution in [-0.2, 0) is 0 Å². The van der Waals surface area contributed by atoms with E-state index < -0.39 is 0 Å². The first-order valence-corrected chi connectivity index (χ1v) is 5.57. The topological polar surface area (TPSA) is 47.0 Å². The molecule has 6 heteroatoms. The average Bonchev–Trinajstić information content (AvgIpc) is 2.34. The number of nitrogens with zero attached hydrogens (tertiary/aromatic N) is 2. The molecule has 2 aromatic rings. The maximum absolute atomic E-state index is 12.7. The summed E-state index contributed by atoms with van der Waals surface area (Å²) in [5, 5.41) is 2.94. The Morgan fingerprint density at radius 3 is 2.65 bits per heavy atom. The van der Waals surface area contributed by atoms with Gasteiger partial charge in [0.15, 0.2) is 0 Å². The Hall–Kier alpha value is -1.69. The zero-order chi connectivity index (χ0) is 12.3. The Bertz CT molecular complexity index is 519. The highest BCUT2D eigenvalue weighted by Gasteiger charge is 2.05. The van der Waals surface area contributed by atoms with Gasteiger partial charge in [0.05, 0.1) is 17.8 Å². The van der Waals surface area contributed by atoms with E-state index in [1.165, 1.54) is 19.2 Å². The molecule has 0 atom stereocenters. The Morgan fingerprint density at radius 1 is 1.29 bits per heavy atom. The third-order valence-electron chi connectivity index (χ3n) is 2.01. The molecule has 0 saturated carbocycles. The van der Waals surface area contributed by atoms with Crippen molar-refractivity contribution in [1.29, 1.82) is 0 Å². The normalized spacial score (nSPS) is 10.1. The van der Waals surface area contributed by atoms with Crippen LogP contribution >= 0.6 is 15.9 Å². The van der Waals surface area contributed by atoms with Crippen molar-refractivity contribution in [2.45, 2.75) is 0 Å². The Morgan fingerprint density at radius 2 is 2.00 bits per heavy atom. The van der Waals surface area contributed by atoms with Crippen LogP contribution in [0.1, 0.15) is 0 Å². The molecule has 1 heterocycles. The Balaban J connectivity index is 2.21. The highest BCUT2D eigenvalue weighted by Crippen LogP contribution is 2.23. The Labute approximate surface area is 106 Å². The van der Waals surface area contributed by atoms with Crippen LogP contribution in [0.25, 0.3) is 0 Å². The summed E-state index contributed by atoms with van der Waals surface area (Å²) < 4.78 is 18.4. The molecule has 0 aliphatic carbocycles. The lowest BCUT2D eigenvalue weighted by molar-refractivity contribution is 0.394. The molecule has 2 rings (SSSR count). The molecule has 0 saturated heterocycles. The zero-order valence-electron chi connectivity index (χ0n) is 8.95. The van der Waals surface area contributed by atoms with E-state index in [0.717, 1.165) is 0 Å². The second-order valence-electron chi connectivity index (χ2n) is 3.18. The fourth-order valence-electron chi connectivity index (χ4n) is 1.22. The highest BCUT2D eigenvalue weighted by molar-refractivity contribution is 9.10. The highest BCUT2D eigenvalue weighted by atomic mass is 79.9. The van der Waals surface area contributed by atoms with Crippen LogP contribution in [0.3, 0.4) is 0 Å². The van der Waals surface area contributed by atoms with Crippen LogP contribution in [0.2, 0.25) is 0 Å². The summed E-state index contributed by atoms with van der Waals surface area (Å²) in [4.78, 5) is 8.19. The molecule has 0 fully saturated rings. The number of hydrogen-bond donors (Lipinski definition) is 1. The van der Waals surface area contributed by atoms with Crippen LogP contribution in [0.4, 0.5) is 16.0 Å². The molecule has 0 aliphatic heterocycles. The first-order valence-electron chi connectivity index (χ1n) is 4.78. The third-order valence-corrected chi connectivity index (χ3v) is 2.55. The lowest BCUT2D eigenvalue weighted by Crippen LogP contribution is -1.99. The van der Waals surface area contributed by atoms with E-state index in [-0.39, 0.29) is 5.82 Å². The lowest BCUT2D eigenvalue weighted by atomic mass is 10.3. The number of nitrogens with one attached hydrogen (secondary N) is 1. The average molecular weight is 298 g/mol. The summed E-state index contributed by atoms with van der Waals surface area (Å²) in [5.74, 6) is 0.533. The van der Waals surface area contributed by atoms with E-state index in [1.807, 2.05) is 0 Å². The molecule has 0 aliphatic rings. The van der Waals surface area contributed by atoms with Gasteiger partial charge in [0, 0.05) is 5.69 Å². The number of halogens is 2. The standard InChI is InChI=1S/C11H9BrFN3O/c1-17-10-9(12)6-14-11(16-10)15-8-4-2-7(13)3-5-8/h2-6H,1H3,(H,14,15,16). The first kappa shape index (κ1) is 11.8. The van der Waals surface area contributed by atoms with E-state index in [4.69, 9.17) is 4.74 Å². The number of benzene rings is 1. The monoisotopic (exact) mass is 297 g/mol. The molecular weight excluding hydrogens is 289 g/mol. The number of hydrogen-bond acceptors (Lipinski definition) is 4. The number of methoxy groups -OCH3 is 1. The molecule has 0 spiro atoms. The molecule has 1 N–H and O–H groups in total. The molecule has 0 amide bonds. The van der Waals surface area contributed by atoms with Gasteiger partial charge >= 0.3 is 0 Å². The second-order valence-corrected chi connectivity index (χ2v) is 4.04. The fourth-order valence-corrected chi connectivity index (χ4v) is 1.57. The molecule has 1 aromatic carbocycles. The lowest BCUT2D eigenvalue weighted by Gasteiger charge is -2.06. The van der Waals surface area contributed by atoms with Crippen molar-refractivity contribution in [3.05, 3.63) is 40.8 Å². The van der Waals surface area contributed by atoms with Crippen molar-refractivity contribution in [1.82, 2.24) is 9.97 Å². The van der Waals surface area contributed by atoms with Gasteiger partial charge in [-0.2, -0.15) is 4.98 Å². The number of rotatable bonds is 3. The van der Waals surface area contributed by atoms with Gasteiger partial charge in [0.1, 0.15) is 5.82 Å². The van der Waals surface area contributed by atoms with Gasteiger partial charge in [-0.05, 0) is 40.2 Å². The molecule has 1 aromatic heterocycles. The summed E-state index contributed by atoms with van der Waals surface area (Å²) in [6, 6.07) is 5.93. The number of ether oxygens (including phenoxy) is 1. The minimum absolute atomic E-state index is 0.287. The van der Waals surface area contributed by atoms with Crippen molar-refractivity contribution in [3.8, 4) is 5.88 Å². The van der Waals surface area contributed by atoms with Gasteiger partial charge in [0.2, 0.25) is 11.8 Å². The summed E-state index contributed by atoms with van der Waals surface area (Å²) in [5.41, 5.74) is 0.704. The summed E-state index contributed by atoms with van der Waals surface area (Å²) in [6.07, 6.45) is 1.58. The van der Waals surface area contributed by atoms with Crippen LogP contribution in [-0.4, -0.2) is 17.1 Å². The maximum atomic E-state index is 12.7. The molecular formula is C11H9BrFN3O. The molecule has 0 unspecified atom stereocenters. The van der Waals surface area contributed by atoms with Gasteiger partial charge in [-0.3, -0.25) is 0 Å². The van der Waals surface area contributed by atoms with Gasteiger partial charge in [-0.25, -0.2) is 9.37 Å².